The second kappa shape index (κ2) is 9.78. The minimum absolute atomic E-state index is 0.000401. The standard InChI is InChI=1S/C11H16N2O2.C2H6/c1-3-12-11(14)7-10-6-9(8-15-2)4-5-13-10;1-2/h4-6H,3,7-8H2,1-2H3,(H,12,14);1-2H3. The molecule has 0 unspecified atom stereocenters. The number of pyridine rings is 1. The predicted molar refractivity (Wildman–Crippen MR) is 68.7 cm³/mol. The summed E-state index contributed by atoms with van der Waals surface area (Å²) in [5.74, 6) is -0.000401. The van der Waals surface area contributed by atoms with Crippen LogP contribution in [0.4, 0.5) is 0 Å². The van der Waals surface area contributed by atoms with Crippen LogP contribution in [0.5, 0.6) is 0 Å². The van der Waals surface area contributed by atoms with Crippen molar-refractivity contribution < 1.29 is 9.53 Å². The number of hydrogen-bond acceptors (Lipinski definition) is 3. The fourth-order valence-corrected chi connectivity index (χ4v) is 1.31. The van der Waals surface area contributed by atoms with Crippen LogP contribution in [0, 0.1) is 0 Å². The maximum atomic E-state index is 11.3. The van der Waals surface area contributed by atoms with Gasteiger partial charge in [0.05, 0.1) is 18.7 Å². The Kier molecular flexibility index (Phi) is 8.96. The predicted octanol–water partition coefficient (Wildman–Crippen LogP) is 1.93. The first-order chi connectivity index (χ1) is 8.26. The van der Waals surface area contributed by atoms with Crippen molar-refractivity contribution in [3.8, 4) is 0 Å². The second-order valence-electron chi connectivity index (χ2n) is 3.22. The Hall–Kier alpha value is -1.42. The molecule has 0 bridgehead atoms. The number of nitrogens with one attached hydrogen (secondary N) is 1. The van der Waals surface area contributed by atoms with Gasteiger partial charge in [-0.15, -0.1) is 0 Å². The van der Waals surface area contributed by atoms with Crippen LogP contribution in [0.3, 0.4) is 0 Å². The highest BCUT2D eigenvalue weighted by Gasteiger charge is 2.03. The van der Waals surface area contributed by atoms with Gasteiger partial charge in [0.2, 0.25) is 5.91 Å². The number of methoxy groups -OCH3 is 1. The summed E-state index contributed by atoms with van der Waals surface area (Å²) < 4.78 is 5.01. The van der Waals surface area contributed by atoms with Gasteiger partial charge in [-0.3, -0.25) is 9.78 Å². The van der Waals surface area contributed by atoms with Crippen LogP contribution in [-0.4, -0.2) is 24.5 Å². The number of nitrogens with zero attached hydrogens (tertiary/aromatic N) is 1. The number of carbonyl (C=O) groups is 1. The van der Waals surface area contributed by atoms with E-state index in [1.165, 1.54) is 0 Å². The van der Waals surface area contributed by atoms with E-state index in [0.717, 1.165) is 11.3 Å². The third-order valence-corrected chi connectivity index (χ3v) is 1.91. The zero-order valence-corrected chi connectivity index (χ0v) is 11.1. The number of ether oxygens (including phenoxy) is 1. The quantitative estimate of drug-likeness (QED) is 0.852. The number of rotatable bonds is 5. The Morgan fingerprint density at radius 2 is 2.18 bits per heavy atom. The van der Waals surface area contributed by atoms with Crippen molar-refractivity contribution in [3.05, 3.63) is 29.6 Å². The van der Waals surface area contributed by atoms with E-state index < -0.39 is 0 Å². The Morgan fingerprint density at radius 3 is 2.76 bits per heavy atom. The van der Waals surface area contributed by atoms with Crippen molar-refractivity contribution in [2.45, 2.75) is 33.8 Å². The molecule has 0 aromatic carbocycles. The van der Waals surface area contributed by atoms with Crippen LogP contribution in [0.25, 0.3) is 0 Å². The van der Waals surface area contributed by atoms with Crippen molar-refractivity contribution in [1.29, 1.82) is 0 Å². The Labute approximate surface area is 103 Å². The van der Waals surface area contributed by atoms with Gasteiger partial charge in [0.25, 0.3) is 0 Å². The van der Waals surface area contributed by atoms with Crippen molar-refractivity contribution in [3.63, 3.8) is 0 Å². The fraction of sp³-hybridized carbons (Fsp3) is 0.538. The van der Waals surface area contributed by atoms with Crippen LogP contribution >= 0.6 is 0 Å². The topological polar surface area (TPSA) is 51.2 Å². The fourth-order valence-electron chi connectivity index (χ4n) is 1.31. The maximum absolute atomic E-state index is 11.3. The first-order valence-corrected chi connectivity index (χ1v) is 5.95. The van der Waals surface area contributed by atoms with Gasteiger partial charge in [0.1, 0.15) is 0 Å². The van der Waals surface area contributed by atoms with Gasteiger partial charge in [-0.05, 0) is 24.6 Å². The number of amides is 1. The molecule has 0 saturated heterocycles. The molecular weight excluding hydrogens is 216 g/mol. The smallest absolute Gasteiger partial charge is 0.226 e. The first-order valence-electron chi connectivity index (χ1n) is 5.95. The van der Waals surface area contributed by atoms with E-state index in [1.54, 1.807) is 13.3 Å². The van der Waals surface area contributed by atoms with Crippen molar-refractivity contribution in [1.82, 2.24) is 10.3 Å². The molecule has 0 fully saturated rings. The average Bonchev–Trinajstić information content (AvgIpc) is 2.33. The summed E-state index contributed by atoms with van der Waals surface area (Å²) in [7, 11) is 1.64. The van der Waals surface area contributed by atoms with Gasteiger partial charge in [-0.25, -0.2) is 0 Å². The third-order valence-electron chi connectivity index (χ3n) is 1.91. The van der Waals surface area contributed by atoms with E-state index >= 15 is 0 Å². The van der Waals surface area contributed by atoms with Gasteiger partial charge < -0.3 is 10.1 Å². The number of likely N-dealkylation sites (N-methyl/N-ethyl adjacent to an activating group) is 1. The molecular formula is C13H22N2O2. The van der Waals surface area contributed by atoms with E-state index in [4.69, 9.17) is 4.74 Å². The van der Waals surface area contributed by atoms with E-state index in [2.05, 4.69) is 10.3 Å². The molecule has 0 radical (unpaired) electrons. The SMILES string of the molecule is CC.CCNC(=O)Cc1cc(COC)ccn1. The van der Waals surface area contributed by atoms with Gasteiger partial charge in [-0.2, -0.15) is 0 Å². The highest BCUT2D eigenvalue weighted by Crippen LogP contribution is 2.03. The van der Waals surface area contributed by atoms with E-state index in [9.17, 15) is 4.79 Å². The second-order valence-corrected chi connectivity index (χ2v) is 3.22. The molecule has 0 spiro atoms. The molecule has 1 N–H and O–H groups in total. The summed E-state index contributed by atoms with van der Waals surface area (Å²) >= 11 is 0. The largest absolute Gasteiger partial charge is 0.380 e. The molecule has 96 valence electrons. The van der Waals surface area contributed by atoms with Crippen LogP contribution in [0.2, 0.25) is 0 Å². The molecule has 0 aliphatic rings. The van der Waals surface area contributed by atoms with Crippen LogP contribution in [0.15, 0.2) is 18.3 Å². The monoisotopic (exact) mass is 238 g/mol. The summed E-state index contributed by atoms with van der Waals surface area (Å²) in [4.78, 5) is 15.4. The van der Waals surface area contributed by atoms with E-state index in [1.807, 2.05) is 32.9 Å². The summed E-state index contributed by atoms with van der Waals surface area (Å²) in [5.41, 5.74) is 1.81. The lowest BCUT2D eigenvalue weighted by molar-refractivity contribution is -0.120. The van der Waals surface area contributed by atoms with Crippen molar-refractivity contribution in [2.24, 2.45) is 0 Å². The molecule has 1 aromatic rings. The zero-order chi connectivity index (χ0) is 13.1. The molecule has 1 rings (SSSR count). The van der Waals surface area contributed by atoms with Gasteiger partial charge in [0.15, 0.2) is 0 Å². The minimum atomic E-state index is -0.000401. The normalized spacial score (nSPS) is 9.18. The zero-order valence-electron chi connectivity index (χ0n) is 11.1. The van der Waals surface area contributed by atoms with E-state index in [-0.39, 0.29) is 5.91 Å². The molecule has 0 saturated carbocycles. The molecule has 4 heteroatoms. The highest BCUT2D eigenvalue weighted by atomic mass is 16.5. The Bertz CT molecular complexity index is 327. The number of hydrogen-bond donors (Lipinski definition) is 1. The van der Waals surface area contributed by atoms with Gasteiger partial charge in [-0.1, -0.05) is 13.8 Å². The number of carbonyl (C=O) groups excluding carboxylic acids is 1. The van der Waals surface area contributed by atoms with Crippen LogP contribution in [-0.2, 0) is 22.6 Å². The highest BCUT2D eigenvalue weighted by molar-refractivity contribution is 5.78. The molecule has 0 atom stereocenters. The maximum Gasteiger partial charge on any atom is 0.226 e. The molecule has 1 aromatic heterocycles. The summed E-state index contributed by atoms with van der Waals surface area (Å²) in [5, 5.41) is 2.74. The van der Waals surface area contributed by atoms with E-state index in [0.29, 0.717) is 19.6 Å². The molecule has 0 aliphatic heterocycles. The van der Waals surface area contributed by atoms with Gasteiger partial charge in [0, 0.05) is 19.9 Å². The molecule has 1 amide bonds. The lowest BCUT2D eigenvalue weighted by Gasteiger charge is -2.04. The Balaban J connectivity index is 0.00000121. The molecule has 17 heavy (non-hydrogen) atoms. The number of aromatic nitrogens is 1. The minimum Gasteiger partial charge on any atom is -0.380 e. The first kappa shape index (κ1) is 15.6. The van der Waals surface area contributed by atoms with Crippen LogP contribution < -0.4 is 5.32 Å². The van der Waals surface area contributed by atoms with Crippen molar-refractivity contribution >= 4 is 5.91 Å². The average molecular weight is 238 g/mol. The summed E-state index contributed by atoms with van der Waals surface area (Å²) in [6.45, 7) is 7.09. The molecule has 4 nitrogen and oxygen atoms in total. The summed E-state index contributed by atoms with van der Waals surface area (Å²) in [6.07, 6.45) is 2.02. The Morgan fingerprint density at radius 1 is 1.47 bits per heavy atom. The summed E-state index contributed by atoms with van der Waals surface area (Å²) in [6, 6.07) is 3.77. The van der Waals surface area contributed by atoms with Crippen LogP contribution in [0.1, 0.15) is 32.0 Å². The molecule has 0 aliphatic carbocycles. The lowest BCUT2D eigenvalue weighted by atomic mass is 10.2. The van der Waals surface area contributed by atoms with Gasteiger partial charge >= 0.3 is 0 Å². The molecule has 1 heterocycles. The van der Waals surface area contributed by atoms with Crippen molar-refractivity contribution in [2.75, 3.05) is 13.7 Å². The third kappa shape index (κ3) is 6.68. The lowest BCUT2D eigenvalue weighted by Crippen LogP contribution is -2.24.